The molecule has 1 N–H and O–H groups in total. The van der Waals surface area contributed by atoms with Crippen LogP contribution in [0.2, 0.25) is 0 Å². The molecule has 1 aromatic carbocycles. The van der Waals surface area contributed by atoms with Gasteiger partial charge in [-0.05, 0) is 31.7 Å². The van der Waals surface area contributed by atoms with E-state index in [-0.39, 0.29) is 24.1 Å². The molecule has 0 unspecified atom stereocenters. The van der Waals surface area contributed by atoms with Crippen molar-refractivity contribution in [2.24, 2.45) is 0 Å². The highest BCUT2D eigenvalue weighted by Crippen LogP contribution is 2.25. The standard InChI is InChI=1S/C18H20N4O3S2/c1-4-11(2)19-13(23)10-21-15-14(27-17(20-15)26-3)16(24)22(18(21)25)12-8-6-5-7-9-12/h5-9,11H,4,10H2,1-3H3,(H,19,23)/t11-/m1/s1. The summed E-state index contributed by atoms with van der Waals surface area (Å²) in [5, 5.41) is 2.85. The van der Waals surface area contributed by atoms with Crippen LogP contribution in [0, 0.1) is 0 Å². The number of para-hydroxylation sites is 1. The van der Waals surface area contributed by atoms with Crippen LogP contribution in [0.4, 0.5) is 0 Å². The molecule has 3 aromatic rings. The average Bonchev–Trinajstić information content (AvgIpc) is 3.11. The van der Waals surface area contributed by atoms with Gasteiger partial charge in [-0.1, -0.05) is 36.9 Å². The van der Waals surface area contributed by atoms with Crippen molar-refractivity contribution in [1.29, 1.82) is 0 Å². The number of benzene rings is 1. The largest absolute Gasteiger partial charge is 0.352 e. The Kier molecular flexibility index (Phi) is 5.81. The average molecular weight is 405 g/mol. The van der Waals surface area contributed by atoms with Gasteiger partial charge in [-0.3, -0.25) is 14.2 Å². The van der Waals surface area contributed by atoms with Gasteiger partial charge < -0.3 is 5.32 Å². The first kappa shape index (κ1) is 19.4. The zero-order valence-electron chi connectivity index (χ0n) is 15.3. The van der Waals surface area contributed by atoms with Crippen molar-refractivity contribution >= 4 is 39.4 Å². The number of hydrogen-bond donors (Lipinski definition) is 1. The number of carbonyl (C=O) groups is 1. The number of thioether (sulfide) groups is 1. The van der Waals surface area contributed by atoms with Gasteiger partial charge in [0.05, 0.1) is 5.69 Å². The van der Waals surface area contributed by atoms with Crippen molar-refractivity contribution < 1.29 is 4.79 Å². The number of rotatable bonds is 6. The molecule has 2 aromatic heterocycles. The number of nitrogens with zero attached hydrogens (tertiary/aromatic N) is 3. The lowest BCUT2D eigenvalue weighted by atomic mass is 10.2. The Labute approximate surface area is 164 Å². The van der Waals surface area contributed by atoms with Crippen molar-refractivity contribution in [2.75, 3.05) is 6.26 Å². The molecular formula is C18H20N4O3S2. The molecule has 142 valence electrons. The third kappa shape index (κ3) is 3.84. The van der Waals surface area contributed by atoms with Gasteiger partial charge in [0.2, 0.25) is 5.91 Å². The Balaban J connectivity index is 2.22. The molecular weight excluding hydrogens is 384 g/mol. The van der Waals surface area contributed by atoms with Gasteiger partial charge in [0, 0.05) is 6.04 Å². The minimum atomic E-state index is -0.573. The van der Waals surface area contributed by atoms with Gasteiger partial charge in [0.15, 0.2) is 9.99 Å². The first-order chi connectivity index (χ1) is 13.0. The second-order valence-corrected chi connectivity index (χ2v) is 8.11. The number of hydrogen-bond acceptors (Lipinski definition) is 6. The molecule has 27 heavy (non-hydrogen) atoms. The Morgan fingerprint density at radius 1 is 1.30 bits per heavy atom. The van der Waals surface area contributed by atoms with E-state index in [1.807, 2.05) is 26.2 Å². The number of fused-ring (bicyclic) bond motifs is 1. The number of carbonyl (C=O) groups excluding carboxylic acids is 1. The number of amides is 1. The predicted molar refractivity (Wildman–Crippen MR) is 109 cm³/mol. The molecule has 9 heteroatoms. The van der Waals surface area contributed by atoms with Crippen molar-refractivity contribution in [2.45, 2.75) is 37.2 Å². The topological polar surface area (TPSA) is 86.0 Å². The summed E-state index contributed by atoms with van der Waals surface area (Å²) in [4.78, 5) is 42.8. The van der Waals surface area contributed by atoms with Crippen LogP contribution in [0.1, 0.15) is 20.3 Å². The molecule has 0 bridgehead atoms. The fourth-order valence-corrected chi connectivity index (χ4v) is 4.11. The third-order valence-electron chi connectivity index (χ3n) is 4.18. The molecule has 0 spiro atoms. The van der Waals surface area contributed by atoms with E-state index in [9.17, 15) is 14.4 Å². The van der Waals surface area contributed by atoms with Crippen LogP contribution < -0.4 is 16.6 Å². The van der Waals surface area contributed by atoms with Crippen molar-refractivity contribution in [3.05, 3.63) is 51.2 Å². The van der Waals surface area contributed by atoms with Crippen LogP contribution in [0.15, 0.2) is 44.3 Å². The fraction of sp³-hybridized carbons (Fsp3) is 0.333. The van der Waals surface area contributed by atoms with Crippen molar-refractivity contribution in [3.8, 4) is 5.69 Å². The lowest BCUT2D eigenvalue weighted by Gasteiger charge is -2.14. The Morgan fingerprint density at radius 3 is 2.63 bits per heavy atom. The number of aromatic nitrogens is 3. The molecule has 0 aliphatic rings. The van der Waals surface area contributed by atoms with Gasteiger partial charge in [-0.25, -0.2) is 14.3 Å². The maximum atomic E-state index is 13.1. The van der Waals surface area contributed by atoms with E-state index in [1.54, 1.807) is 24.3 Å². The minimum absolute atomic E-state index is 0.000846. The molecule has 0 saturated heterocycles. The normalized spacial score (nSPS) is 12.3. The van der Waals surface area contributed by atoms with Crippen LogP contribution in [0.25, 0.3) is 16.0 Å². The van der Waals surface area contributed by atoms with E-state index in [0.717, 1.165) is 11.0 Å². The number of nitrogens with one attached hydrogen (secondary N) is 1. The van der Waals surface area contributed by atoms with Gasteiger partial charge in [0.25, 0.3) is 5.56 Å². The molecule has 0 aliphatic heterocycles. The highest BCUT2D eigenvalue weighted by Gasteiger charge is 2.20. The summed E-state index contributed by atoms with van der Waals surface area (Å²) in [6.07, 6.45) is 2.64. The van der Waals surface area contributed by atoms with Crippen LogP contribution >= 0.6 is 23.1 Å². The smallest absolute Gasteiger partial charge is 0.337 e. The summed E-state index contributed by atoms with van der Waals surface area (Å²) in [5.74, 6) is -0.287. The maximum Gasteiger partial charge on any atom is 0.337 e. The van der Waals surface area contributed by atoms with Crippen LogP contribution in [-0.2, 0) is 11.3 Å². The summed E-state index contributed by atoms with van der Waals surface area (Å²) < 4.78 is 3.40. The van der Waals surface area contributed by atoms with Gasteiger partial charge in [-0.15, -0.1) is 11.3 Å². The Bertz CT molecular complexity index is 1090. The zero-order valence-corrected chi connectivity index (χ0v) is 16.9. The fourth-order valence-electron chi connectivity index (χ4n) is 2.62. The first-order valence-electron chi connectivity index (χ1n) is 8.51. The van der Waals surface area contributed by atoms with Gasteiger partial charge in [0.1, 0.15) is 11.2 Å². The summed E-state index contributed by atoms with van der Waals surface area (Å²) in [6, 6.07) is 8.70. The Hall–Kier alpha value is -2.39. The number of thiazole rings is 1. The summed E-state index contributed by atoms with van der Waals surface area (Å²) in [6.45, 7) is 3.68. The second-order valence-electron chi connectivity index (χ2n) is 6.06. The summed E-state index contributed by atoms with van der Waals surface area (Å²) in [7, 11) is 0. The van der Waals surface area contributed by atoms with Gasteiger partial charge >= 0.3 is 5.69 Å². The van der Waals surface area contributed by atoms with Gasteiger partial charge in [-0.2, -0.15) is 0 Å². The highest BCUT2D eigenvalue weighted by atomic mass is 32.2. The van der Waals surface area contributed by atoms with E-state index in [2.05, 4.69) is 10.3 Å². The Morgan fingerprint density at radius 2 is 2.00 bits per heavy atom. The van der Waals surface area contributed by atoms with E-state index in [4.69, 9.17) is 0 Å². The van der Waals surface area contributed by atoms with E-state index < -0.39 is 11.2 Å². The highest BCUT2D eigenvalue weighted by molar-refractivity contribution is 8.00. The summed E-state index contributed by atoms with van der Waals surface area (Å²) in [5.41, 5.74) is -0.274. The second kappa shape index (κ2) is 8.10. The maximum absolute atomic E-state index is 13.1. The zero-order chi connectivity index (χ0) is 19.6. The molecule has 7 nitrogen and oxygen atoms in total. The SMILES string of the molecule is CC[C@@H](C)NC(=O)Cn1c(=O)n(-c2ccccc2)c(=O)c2sc(SC)nc21. The lowest BCUT2D eigenvalue weighted by Crippen LogP contribution is -2.43. The monoisotopic (exact) mass is 404 g/mol. The molecule has 3 rings (SSSR count). The predicted octanol–water partition coefficient (Wildman–Crippen LogP) is 2.25. The van der Waals surface area contributed by atoms with E-state index in [1.165, 1.54) is 27.7 Å². The molecule has 2 heterocycles. The molecule has 0 saturated carbocycles. The molecule has 0 radical (unpaired) electrons. The van der Waals surface area contributed by atoms with E-state index in [0.29, 0.717) is 14.7 Å². The van der Waals surface area contributed by atoms with Crippen LogP contribution in [-0.4, -0.2) is 32.3 Å². The third-order valence-corrected chi connectivity index (χ3v) is 6.19. The minimum Gasteiger partial charge on any atom is -0.352 e. The lowest BCUT2D eigenvalue weighted by molar-refractivity contribution is -0.122. The van der Waals surface area contributed by atoms with Crippen molar-refractivity contribution in [3.63, 3.8) is 0 Å². The van der Waals surface area contributed by atoms with E-state index >= 15 is 0 Å². The summed E-state index contributed by atoms with van der Waals surface area (Å²) >= 11 is 2.62. The molecule has 0 fully saturated rings. The molecule has 1 amide bonds. The van der Waals surface area contributed by atoms with Crippen LogP contribution in [0.5, 0.6) is 0 Å². The first-order valence-corrected chi connectivity index (χ1v) is 10.6. The molecule has 0 aliphatic carbocycles. The van der Waals surface area contributed by atoms with Crippen molar-refractivity contribution in [1.82, 2.24) is 19.4 Å². The molecule has 1 atom stereocenters. The van der Waals surface area contributed by atoms with Crippen LogP contribution in [0.3, 0.4) is 0 Å². The quantitative estimate of drug-likeness (QED) is 0.637.